The summed E-state index contributed by atoms with van der Waals surface area (Å²) in [5, 5.41) is 8.87. The highest BCUT2D eigenvalue weighted by Crippen LogP contribution is 2.29. The molecule has 0 atom stereocenters. The van der Waals surface area contributed by atoms with Crippen molar-refractivity contribution in [1.82, 2.24) is 0 Å². The van der Waals surface area contributed by atoms with Crippen LogP contribution in [0.25, 0.3) is 0 Å². The second kappa shape index (κ2) is 14.8. The van der Waals surface area contributed by atoms with Crippen molar-refractivity contribution >= 4 is 11.4 Å². The Hall–Kier alpha value is -2.16. The Labute approximate surface area is 177 Å². The summed E-state index contributed by atoms with van der Waals surface area (Å²) >= 11 is 0. The fraction of sp³-hybridized carbons (Fsp3) is 0.538. The van der Waals surface area contributed by atoms with Gasteiger partial charge in [-0.15, -0.1) is 5.11 Å². The Morgan fingerprint density at radius 2 is 1.41 bits per heavy atom. The molecular formula is C26H38N2O. The average Bonchev–Trinajstić information content (AvgIpc) is 2.75. The van der Waals surface area contributed by atoms with Crippen LogP contribution in [0, 0.1) is 0 Å². The molecule has 3 heteroatoms. The Morgan fingerprint density at radius 1 is 0.690 bits per heavy atom. The van der Waals surface area contributed by atoms with Gasteiger partial charge in [0.25, 0.3) is 0 Å². The van der Waals surface area contributed by atoms with Gasteiger partial charge in [-0.1, -0.05) is 95.9 Å². The standard InChI is InChI=1S/C26H38N2O/c1-3-5-6-7-8-9-10-11-14-21-29-26-20-13-12-19-25(26)28-27-24-18-15-17-23(22-24)16-4-2/h12-13,15,17-20,22H,3-11,14,16,21H2,1-2H3. The van der Waals surface area contributed by atoms with Gasteiger partial charge in [0.1, 0.15) is 11.4 Å². The minimum Gasteiger partial charge on any atom is -0.491 e. The molecule has 0 bridgehead atoms. The molecule has 0 aliphatic carbocycles. The van der Waals surface area contributed by atoms with Gasteiger partial charge in [0.2, 0.25) is 0 Å². The van der Waals surface area contributed by atoms with Crippen LogP contribution in [0.2, 0.25) is 0 Å². The van der Waals surface area contributed by atoms with Crippen molar-refractivity contribution in [2.75, 3.05) is 6.61 Å². The van der Waals surface area contributed by atoms with Gasteiger partial charge >= 0.3 is 0 Å². The Balaban J connectivity index is 1.74. The smallest absolute Gasteiger partial charge is 0.146 e. The van der Waals surface area contributed by atoms with E-state index in [-0.39, 0.29) is 0 Å². The number of rotatable bonds is 15. The Kier molecular flexibility index (Phi) is 11.8. The second-order valence-corrected chi connectivity index (χ2v) is 7.76. The van der Waals surface area contributed by atoms with E-state index in [1.807, 2.05) is 36.4 Å². The molecule has 158 valence electrons. The zero-order valence-electron chi connectivity index (χ0n) is 18.4. The minimum atomic E-state index is 0.744. The number of nitrogens with zero attached hydrogens (tertiary/aromatic N) is 2. The topological polar surface area (TPSA) is 34.0 Å². The highest BCUT2D eigenvalue weighted by Gasteiger charge is 2.02. The number of ether oxygens (including phenoxy) is 1. The van der Waals surface area contributed by atoms with E-state index in [0.29, 0.717) is 0 Å². The molecular weight excluding hydrogens is 356 g/mol. The summed E-state index contributed by atoms with van der Waals surface area (Å²) < 4.78 is 5.99. The maximum atomic E-state index is 5.99. The molecule has 0 heterocycles. The fourth-order valence-corrected chi connectivity index (χ4v) is 3.43. The molecule has 29 heavy (non-hydrogen) atoms. The van der Waals surface area contributed by atoms with Gasteiger partial charge in [0.15, 0.2) is 0 Å². The van der Waals surface area contributed by atoms with E-state index < -0.39 is 0 Å². The van der Waals surface area contributed by atoms with Gasteiger partial charge in [-0.2, -0.15) is 5.11 Å². The molecule has 0 aliphatic rings. The minimum absolute atomic E-state index is 0.744. The van der Waals surface area contributed by atoms with Crippen LogP contribution in [0.15, 0.2) is 58.8 Å². The van der Waals surface area contributed by atoms with Gasteiger partial charge in [-0.3, -0.25) is 0 Å². The second-order valence-electron chi connectivity index (χ2n) is 7.76. The van der Waals surface area contributed by atoms with Crippen molar-refractivity contribution in [2.45, 2.75) is 84.5 Å². The third kappa shape index (κ3) is 9.74. The van der Waals surface area contributed by atoms with Gasteiger partial charge in [-0.25, -0.2) is 0 Å². The number of unbranched alkanes of at least 4 members (excludes halogenated alkanes) is 8. The zero-order valence-corrected chi connectivity index (χ0v) is 18.4. The molecule has 0 aliphatic heterocycles. The first-order chi connectivity index (χ1) is 14.3. The van der Waals surface area contributed by atoms with E-state index in [1.54, 1.807) is 0 Å². The Bertz CT molecular complexity index is 711. The van der Waals surface area contributed by atoms with Crippen molar-refractivity contribution in [3.63, 3.8) is 0 Å². The van der Waals surface area contributed by atoms with Gasteiger partial charge in [0.05, 0.1) is 12.3 Å². The highest BCUT2D eigenvalue weighted by atomic mass is 16.5. The van der Waals surface area contributed by atoms with Gasteiger partial charge < -0.3 is 4.74 Å². The van der Waals surface area contributed by atoms with Crippen LogP contribution in [0.5, 0.6) is 5.75 Å². The number of para-hydroxylation sites is 1. The maximum absolute atomic E-state index is 5.99. The molecule has 2 rings (SSSR count). The number of hydrogen-bond acceptors (Lipinski definition) is 3. The first kappa shape index (κ1) is 23.1. The van der Waals surface area contributed by atoms with Crippen molar-refractivity contribution in [3.8, 4) is 5.75 Å². The molecule has 0 spiro atoms. The lowest BCUT2D eigenvalue weighted by Crippen LogP contribution is -1.97. The summed E-state index contributed by atoms with van der Waals surface area (Å²) in [4.78, 5) is 0. The maximum Gasteiger partial charge on any atom is 0.146 e. The van der Waals surface area contributed by atoms with Gasteiger partial charge in [-0.05, 0) is 42.7 Å². The summed E-state index contributed by atoms with van der Waals surface area (Å²) in [6.45, 7) is 5.20. The monoisotopic (exact) mass is 394 g/mol. The van der Waals surface area contributed by atoms with Crippen LogP contribution < -0.4 is 4.74 Å². The number of hydrogen-bond donors (Lipinski definition) is 0. The summed E-state index contributed by atoms with van der Waals surface area (Å²) in [6, 6.07) is 16.2. The molecule has 0 radical (unpaired) electrons. The van der Waals surface area contributed by atoms with Crippen LogP contribution >= 0.6 is 0 Å². The van der Waals surface area contributed by atoms with Crippen LogP contribution in [-0.2, 0) is 6.42 Å². The number of azo groups is 1. The molecule has 0 saturated heterocycles. The third-order valence-corrected chi connectivity index (χ3v) is 5.09. The molecule has 0 unspecified atom stereocenters. The summed E-state index contributed by atoms with van der Waals surface area (Å²) in [5.41, 5.74) is 2.99. The quantitative estimate of drug-likeness (QED) is 0.219. The first-order valence-corrected chi connectivity index (χ1v) is 11.6. The number of benzene rings is 2. The van der Waals surface area contributed by atoms with Crippen LogP contribution in [0.4, 0.5) is 11.4 Å². The largest absolute Gasteiger partial charge is 0.491 e. The molecule has 0 N–H and O–H groups in total. The predicted octanol–water partition coefficient (Wildman–Crippen LogP) is 8.96. The summed E-state index contributed by atoms with van der Waals surface area (Å²) in [7, 11) is 0. The third-order valence-electron chi connectivity index (χ3n) is 5.09. The molecule has 3 nitrogen and oxygen atoms in total. The normalized spacial score (nSPS) is 11.2. The molecule has 0 aromatic heterocycles. The molecule has 2 aromatic carbocycles. The first-order valence-electron chi connectivity index (χ1n) is 11.6. The van der Waals surface area contributed by atoms with E-state index in [1.165, 1.54) is 56.9 Å². The molecule has 2 aromatic rings. The van der Waals surface area contributed by atoms with Crippen molar-refractivity contribution in [2.24, 2.45) is 10.2 Å². The highest BCUT2D eigenvalue weighted by molar-refractivity contribution is 5.51. The number of aryl methyl sites for hydroxylation is 1. The average molecular weight is 395 g/mol. The van der Waals surface area contributed by atoms with E-state index in [9.17, 15) is 0 Å². The van der Waals surface area contributed by atoms with Crippen molar-refractivity contribution in [1.29, 1.82) is 0 Å². The zero-order chi connectivity index (χ0) is 20.6. The van der Waals surface area contributed by atoms with E-state index in [4.69, 9.17) is 4.74 Å². The fourth-order valence-electron chi connectivity index (χ4n) is 3.43. The van der Waals surface area contributed by atoms with E-state index in [2.05, 4.69) is 36.2 Å². The lowest BCUT2D eigenvalue weighted by atomic mass is 10.1. The van der Waals surface area contributed by atoms with E-state index >= 15 is 0 Å². The SMILES string of the molecule is CCCCCCCCCCCOc1ccccc1N=Nc1cccc(CCC)c1. The molecule has 0 fully saturated rings. The summed E-state index contributed by atoms with van der Waals surface area (Å²) in [5.74, 6) is 0.820. The van der Waals surface area contributed by atoms with Crippen LogP contribution in [0.3, 0.4) is 0 Å². The molecule has 0 amide bonds. The van der Waals surface area contributed by atoms with Crippen LogP contribution in [0.1, 0.15) is 83.6 Å². The van der Waals surface area contributed by atoms with Crippen molar-refractivity contribution < 1.29 is 4.74 Å². The lowest BCUT2D eigenvalue weighted by molar-refractivity contribution is 0.305. The predicted molar refractivity (Wildman–Crippen MR) is 124 cm³/mol. The van der Waals surface area contributed by atoms with E-state index in [0.717, 1.165) is 43.0 Å². The van der Waals surface area contributed by atoms with Crippen LogP contribution in [-0.4, -0.2) is 6.61 Å². The van der Waals surface area contributed by atoms with Gasteiger partial charge in [0, 0.05) is 0 Å². The molecule has 0 saturated carbocycles. The van der Waals surface area contributed by atoms with Crippen molar-refractivity contribution in [3.05, 3.63) is 54.1 Å². The lowest BCUT2D eigenvalue weighted by Gasteiger charge is -2.08. The Morgan fingerprint density at radius 3 is 2.17 bits per heavy atom. The summed E-state index contributed by atoms with van der Waals surface area (Å²) in [6.07, 6.45) is 14.1.